The molecular formula is C16H25N4O4P. The van der Waals surface area contributed by atoms with E-state index >= 15 is 0 Å². The van der Waals surface area contributed by atoms with Crippen LogP contribution in [0.3, 0.4) is 0 Å². The van der Waals surface area contributed by atoms with Crippen LogP contribution in [-0.4, -0.2) is 73.4 Å². The van der Waals surface area contributed by atoms with Gasteiger partial charge in [0.1, 0.15) is 18.0 Å². The highest BCUT2D eigenvalue weighted by atomic mass is 31.2. The second-order valence-electron chi connectivity index (χ2n) is 7.34. The maximum absolute atomic E-state index is 12.3. The lowest BCUT2D eigenvalue weighted by molar-refractivity contribution is -0.0353. The molecule has 0 spiro atoms. The molecule has 1 unspecified atom stereocenters. The van der Waals surface area contributed by atoms with Gasteiger partial charge in [-0.05, 0) is 32.8 Å². The monoisotopic (exact) mass is 368 g/mol. The number of rotatable bonds is 4. The van der Waals surface area contributed by atoms with Crippen LogP contribution in [0.25, 0.3) is 11.2 Å². The number of imidazole rings is 1. The predicted octanol–water partition coefficient (Wildman–Crippen LogP) is 0.157. The second-order valence-corrected chi connectivity index (χ2v) is 11.7. The maximum atomic E-state index is 12.3. The zero-order valence-electron chi connectivity index (χ0n) is 15.0. The van der Waals surface area contributed by atoms with E-state index < -0.39 is 31.4 Å². The highest BCUT2D eigenvalue weighted by molar-refractivity contribution is 7.72. The zero-order valence-corrected chi connectivity index (χ0v) is 15.8. The van der Waals surface area contributed by atoms with Crippen LogP contribution in [-0.2, 0) is 11.8 Å². The summed E-state index contributed by atoms with van der Waals surface area (Å²) in [6, 6.07) is 0. The Labute approximate surface area is 146 Å². The molecule has 9 heteroatoms. The van der Waals surface area contributed by atoms with Gasteiger partial charge in [-0.2, -0.15) is 0 Å². The zero-order chi connectivity index (χ0) is 18.5. The van der Waals surface area contributed by atoms with Crippen LogP contribution in [0, 0.1) is 6.92 Å². The molecule has 25 heavy (non-hydrogen) atoms. The highest BCUT2D eigenvalue weighted by Gasteiger charge is 2.44. The quantitative estimate of drug-likeness (QED) is 0.746. The standard InChI is InChI=1S/C16H25N4O4P/c1-9-18-14-11(15(23)19(9)2)17-8-20(14)16-13(22)12(21)10(24-16)6-7-25(3,4)5/h8,10,12-13,16,21-22H,3,6-7H2,1-2,4-5H3/t10?,12-,13-,16-/m1/s1. The lowest BCUT2D eigenvalue weighted by Crippen LogP contribution is -2.32. The SMILES string of the molecule is C=P(C)(C)CCC1O[C@@H](n2cnc3c(=O)n(C)c(C)nc32)[C@H](O)[C@@H]1O. The van der Waals surface area contributed by atoms with Crippen LogP contribution < -0.4 is 5.56 Å². The Kier molecular flexibility index (Phi) is 4.66. The number of hydrogen-bond donors (Lipinski definition) is 2. The molecule has 3 rings (SSSR count). The first kappa shape index (κ1) is 18.3. The molecule has 8 nitrogen and oxygen atoms in total. The molecule has 138 valence electrons. The first-order chi connectivity index (χ1) is 11.6. The van der Waals surface area contributed by atoms with Crippen molar-refractivity contribution in [3.8, 4) is 0 Å². The fraction of sp³-hybridized carbons (Fsp3) is 0.625. The Morgan fingerprint density at radius 1 is 1.36 bits per heavy atom. The molecule has 2 aromatic rings. The summed E-state index contributed by atoms with van der Waals surface area (Å²) < 4.78 is 8.86. The smallest absolute Gasteiger partial charge is 0.281 e. The minimum Gasteiger partial charge on any atom is -0.388 e. The maximum Gasteiger partial charge on any atom is 0.281 e. The minimum absolute atomic E-state index is 0.214. The van der Waals surface area contributed by atoms with Gasteiger partial charge in [-0.3, -0.25) is 13.9 Å². The van der Waals surface area contributed by atoms with Crippen LogP contribution in [0.5, 0.6) is 0 Å². The summed E-state index contributed by atoms with van der Waals surface area (Å²) in [6.45, 7) is 4.71. The number of hydrogen-bond acceptors (Lipinski definition) is 6. The summed E-state index contributed by atoms with van der Waals surface area (Å²) in [7, 11) is 1.63. The summed E-state index contributed by atoms with van der Waals surface area (Å²) in [6.07, 6.45) is 3.66. The van der Waals surface area contributed by atoms with Gasteiger partial charge in [0.05, 0.1) is 12.4 Å². The van der Waals surface area contributed by atoms with Crippen LogP contribution in [0.4, 0.5) is 0 Å². The Morgan fingerprint density at radius 3 is 2.68 bits per heavy atom. The summed E-state index contributed by atoms with van der Waals surface area (Å²) in [5, 5.41) is 20.8. The largest absolute Gasteiger partial charge is 0.388 e. The molecule has 0 amide bonds. The predicted molar refractivity (Wildman–Crippen MR) is 98.8 cm³/mol. The fourth-order valence-electron chi connectivity index (χ4n) is 3.01. The summed E-state index contributed by atoms with van der Waals surface area (Å²) >= 11 is 0. The van der Waals surface area contributed by atoms with Gasteiger partial charge < -0.3 is 14.9 Å². The van der Waals surface area contributed by atoms with Crippen LogP contribution >= 0.6 is 6.89 Å². The molecule has 1 fully saturated rings. The minimum atomic E-state index is -1.25. The molecule has 0 aromatic carbocycles. The van der Waals surface area contributed by atoms with E-state index in [0.717, 1.165) is 6.16 Å². The van der Waals surface area contributed by atoms with Gasteiger partial charge in [-0.25, -0.2) is 9.97 Å². The third-order valence-corrected chi connectivity index (χ3v) is 6.13. The first-order valence-corrected chi connectivity index (χ1v) is 11.2. The number of nitrogens with zero attached hydrogens (tertiary/aromatic N) is 4. The average molecular weight is 368 g/mol. The van der Waals surface area contributed by atoms with Crippen molar-refractivity contribution in [2.75, 3.05) is 19.5 Å². The van der Waals surface area contributed by atoms with Gasteiger partial charge >= 0.3 is 0 Å². The van der Waals surface area contributed by atoms with Gasteiger partial charge in [0.15, 0.2) is 17.4 Å². The van der Waals surface area contributed by atoms with Crippen molar-refractivity contribution >= 4 is 24.3 Å². The number of ether oxygens (including phenoxy) is 1. The molecule has 0 aliphatic carbocycles. The Hall–Kier alpha value is -1.47. The molecule has 2 N–H and O–H groups in total. The molecule has 1 aliphatic heterocycles. The van der Waals surface area contributed by atoms with Gasteiger partial charge in [0.2, 0.25) is 0 Å². The van der Waals surface area contributed by atoms with E-state index in [2.05, 4.69) is 29.6 Å². The normalized spacial score (nSPS) is 27.3. The van der Waals surface area contributed by atoms with Gasteiger partial charge in [0, 0.05) is 7.05 Å². The molecule has 3 heterocycles. The van der Waals surface area contributed by atoms with Gasteiger partial charge in [-0.15, -0.1) is 13.2 Å². The lowest BCUT2D eigenvalue weighted by atomic mass is 10.1. The second kappa shape index (κ2) is 6.36. The van der Waals surface area contributed by atoms with Crippen LogP contribution in [0.15, 0.2) is 11.1 Å². The van der Waals surface area contributed by atoms with Crippen molar-refractivity contribution in [2.45, 2.75) is 37.9 Å². The third-order valence-electron chi connectivity index (χ3n) is 4.66. The van der Waals surface area contributed by atoms with E-state index in [0.29, 0.717) is 17.9 Å². The first-order valence-electron chi connectivity index (χ1n) is 8.19. The molecule has 2 aromatic heterocycles. The fourth-order valence-corrected chi connectivity index (χ4v) is 3.96. The van der Waals surface area contributed by atoms with E-state index in [1.54, 1.807) is 14.0 Å². The number of aromatic nitrogens is 4. The molecule has 0 radical (unpaired) electrons. The van der Waals surface area contributed by atoms with E-state index in [4.69, 9.17) is 4.74 Å². The van der Waals surface area contributed by atoms with Crippen molar-refractivity contribution in [3.05, 3.63) is 22.5 Å². The van der Waals surface area contributed by atoms with E-state index in [1.807, 2.05) is 0 Å². The van der Waals surface area contributed by atoms with Crippen molar-refractivity contribution in [2.24, 2.45) is 7.05 Å². The van der Waals surface area contributed by atoms with E-state index in [1.165, 1.54) is 15.5 Å². The molecule has 1 saturated heterocycles. The summed E-state index contributed by atoms with van der Waals surface area (Å²) in [4.78, 5) is 20.8. The number of aliphatic hydroxyl groups is 2. The number of aryl methyl sites for hydroxylation is 1. The number of aliphatic hydroxyl groups excluding tert-OH is 2. The molecule has 0 bridgehead atoms. The van der Waals surface area contributed by atoms with Crippen molar-refractivity contribution < 1.29 is 14.9 Å². The molecular weight excluding hydrogens is 343 g/mol. The molecule has 1 aliphatic rings. The van der Waals surface area contributed by atoms with Crippen molar-refractivity contribution in [1.82, 2.24) is 19.1 Å². The summed E-state index contributed by atoms with van der Waals surface area (Å²) in [5.41, 5.74) is 0.309. The molecule has 0 saturated carbocycles. The van der Waals surface area contributed by atoms with Crippen LogP contribution in [0.1, 0.15) is 18.5 Å². The van der Waals surface area contributed by atoms with Crippen LogP contribution in [0.2, 0.25) is 0 Å². The van der Waals surface area contributed by atoms with Crippen molar-refractivity contribution in [1.29, 1.82) is 0 Å². The molecule has 4 atom stereocenters. The van der Waals surface area contributed by atoms with E-state index in [-0.39, 0.29) is 11.1 Å². The van der Waals surface area contributed by atoms with Crippen molar-refractivity contribution in [3.63, 3.8) is 0 Å². The average Bonchev–Trinajstić information content (AvgIpc) is 3.05. The Balaban J connectivity index is 1.93. The number of fused-ring (bicyclic) bond motifs is 1. The highest BCUT2D eigenvalue weighted by Crippen LogP contribution is 2.39. The topological polar surface area (TPSA) is 102 Å². The third kappa shape index (κ3) is 3.31. The van der Waals surface area contributed by atoms with E-state index in [9.17, 15) is 15.0 Å². The Bertz CT molecular complexity index is 899. The summed E-state index contributed by atoms with van der Waals surface area (Å²) in [5.74, 6) is 0.535. The van der Waals surface area contributed by atoms with Gasteiger partial charge in [0.25, 0.3) is 5.56 Å². The van der Waals surface area contributed by atoms with Gasteiger partial charge in [-0.1, -0.05) is 0 Å². The lowest BCUT2D eigenvalue weighted by Gasteiger charge is -2.18. The Morgan fingerprint density at radius 2 is 2.04 bits per heavy atom.